The monoisotopic (exact) mass is 371 g/mol. The Bertz CT molecular complexity index is 746. The van der Waals surface area contributed by atoms with Crippen molar-refractivity contribution in [2.75, 3.05) is 0 Å². The van der Waals surface area contributed by atoms with Crippen LogP contribution in [0.2, 0.25) is 5.02 Å². The van der Waals surface area contributed by atoms with E-state index in [0.29, 0.717) is 5.75 Å². The number of nitrogens with zero attached hydrogens (tertiary/aromatic N) is 2. The molecule has 0 unspecified atom stereocenters. The van der Waals surface area contributed by atoms with Crippen LogP contribution in [0.3, 0.4) is 0 Å². The van der Waals surface area contributed by atoms with Crippen LogP contribution in [-0.4, -0.2) is 11.4 Å². The zero-order valence-electron chi connectivity index (χ0n) is 12.3. The third-order valence-corrected chi connectivity index (χ3v) is 4.12. The number of thioether (sulfide) groups is 1. The molecule has 0 aliphatic heterocycles. The second kappa shape index (κ2) is 8.21. The molecule has 0 aromatic heterocycles. The Hall–Kier alpha value is -1.99. The maximum absolute atomic E-state index is 12.9. The molecule has 0 radical (unpaired) electrons. The van der Waals surface area contributed by atoms with Gasteiger partial charge in [0.05, 0.1) is 16.8 Å². The average Bonchev–Trinajstić information content (AvgIpc) is 2.54. The van der Waals surface area contributed by atoms with Gasteiger partial charge in [0.25, 0.3) is 0 Å². The molecule has 0 fully saturated rings. The van der Waals surface area contributed by atoms with E-state index in [9.17, 15) is 13.2 Å². The lowest BCUT2D eigenvalue weighted by Crippen LogP contribution is -2.09. The fraction of sp³-hybridized carbons (Fsp3) is 0.125. The number of hydrogen-bond acceptors (Lipinski definition) is 3. The summed E-state index contributed by atoms with van der Waals surface area (Å²) < 4.78 is 38.8. The van der Waals surface area contributed by atoms with Crippen molar-refractivity contribution in [1.82, 2.24) is 0 Å². The Balaban J connectivity index is 2.08. The summed E-state index contributed by atoms with van der Waals surface area (Å²) in [5, 5.41) is 7.41. The summed E-state index contributed by atoms with van der Waals surface area (Å²) in [6.45, 7) is 0. The number of hydrogen-bond donors (Lipinski definition) is 1. The van der Waals surface area contributed by atoms with Crippen LogP contribution < -0.4 is 5.73 Å². The van der Waals surface area contributed by atoms with Crippen molar-refractivity contribution in [3.63, 3.8) is 0 Å². The van der Waals surface area contributed by atoms with Crippen LogP contribution in [0.25, 0.3) is 0 Å². The lowest BCUT2D eigenvalue weighted by molar-refractivity contribution is -0.137. The maximum Gasteiger partial charge on any atom is 0.417 e. The lowest BCUT2D eigenvalue weighted by atomic mass is 10.1. The van der Waals surface area contributed by atoms with Crippen molar-refractivity contribution in [2.45, 2.75) is 11.9 Å². The fourth-order valence-corrected chi connectivity index (χ4v) is 2.65. The molecule has 2 rings (SSSR count). The minimum absolute atomic E-state index is 0.0562. The van der Waals surface area contributed by atoms with Crippen molar-refractivity contribution >= 4 is 34.7 Å². The van der Waals surface area contributed by atoms with E-state index in [1.165, 1.54) is 23.9 Å². The molecular weight excluding hydrogens is 359 g/mol. The summed E-state index contributed by atoms with van der Waals surface area (Å²) in [6.07, 6.45) is -3.56. The van der Waals surface area contributed by atoms with Gasteiger partial charge in [0, 0.05) is 11.3 Å². The Morgan fingerprint density at radius 3 is 2.50 bits per heavy atom. The molecule has 2 aromatic rings. The largest absolute Gasteiger partial charge is 0.417 e. The number of nitrogens with two attached hydrogens (primary N) is 1. The van der Waals surface area contributed by atoms with Gasteiger partial charge in [-0.15, -0.1) is 5.10 Å². The van der Waals surface area contributed by atoms with E-state index in [1.54, 1.807) is 0 Å². The van der Waals surface area contributed by atoms with Crippen LogP contribution in [-0.2, 0) is 11.9 Å². The molecule has 126 valence electrons. The molecule has 0 aliphatic rings. The molecule has 0 saturated heterocycles. The molecule has 2 N–H and O–H groups in total. The van der Waals surface area contributed by atoms with E-state index in [0.717, 1.165) is 17.8 Å². The smallest absolute Gasteiger partial charge is 0.377 e. The summed E-state index contributed by atoms with van der Waals surface area (Å²) >= 11 is 7.05. The van der Waals surface area contributed by atoms with E-state index >= 15 is 0 Å². The second-order valence-electron chi connectivity index (χ2n) is 4.66. The molecule has 0 atom stereocenters. The molecular formula is C16H13ClF3N3S. The zero-order chi connectivity index (χ0) is 17.6. The summed E-state index contributed by atoms with van der Waals surface area (Å²) in [7, 11) is 0. The Labute approximate surface area is 146 Å². The first kappa shape index (κ1) is 18.4. The van der Waals surface area contributed by atoms with Gasteiger partial charge in [-0.3, -0.25) is 0 Å². The molecule has 3 nitrogen and oxygen atoms in total. The standard InChI is InChI=1S/C16H13ClF3N3S/c17-14-8-4-7-13(16(18,19)20)12(14)9-22-23-15(21)24-10-11-5-2-1-3-6-11/h1-9H,10H2,(H2,21,23). The number of benzene rings is 2. The quantitative estimate of drug-likeness (QED) is 0.470. The summed E-state index contributed by atoms with van der Waals surface area (Å²) in [6, 6.07) is 13.1. The van der Waals surface area contributed by atoms with Gasteiger partial charge in [0.1, 0.15) is 0 Å². The van der Waals surface area contributed by atoms with Gasteiger partial charge in [-0.2, -0.15) is 18.3 Å². The minimum Gasteiger partial charge on any atom is -0.377 e. The van der Waals surface area contributed by atoms with E-state index < -0.39 is 11.7 Å². The molecule has 0 spiro atoms. The van der Waals surface area contributed by atoms with Gasteiger partial charge in [-0.05, 0) is 17.7 Å². The van der Waals surface area contributed by atoms with Crippen molar-refractivity contribution in [3.8, 4) is 0 Å². The lowest BCUT2D eigenvalue weighted by Gasteiger charge is -2.10. The third-order valence-electron chi connectivity index (χ3n) is 2.93. The van der Waals surface area contributed by atoms with Gasteiger partial charge in [-0.1, -0.05) is 59.8 Å². The predicted octanol–water partition coefficient (Wildman–Crippen LogP) is 4.94. The van der Waals surface area contributed by atoms with Crippen molar-refractivity contribution in [3.05, 3.63) is 70.2 Å². The molecule has 24 heavy (non-hydrogen) atoms. The molecule has 8 heteroatoms. The summed E-state index contributed by atoms with van der Waals surface area (Å²) in [5.74, 6) is 0.589. The van der Waals surface area contributed by atoms with Crippen LogP contribution in [0.4, 0.5) is 13.2 Å². The van der Waals surface area contributed by atoms with E-state index in [2.05, 4.69) is 10.2 Å². The van der Waals surface area contributed by atoms with Crippen LogP contribution in [0.15, 0.2) is 58.7 Å². The topological polar surface area (TPSA) is 50.7 Å². The summed E-state index contributed by atoms with van der Waals surface area (Å²) in [4.78, 5) is 0. The average molecular weight is 372 g/mol. The Morgan fingerprint density at radius 1 is 1.12 bits per heavy atom. The number of halogens is 4. The molecule has 0 heterocycles. The van der Waals surface area contributed by atoms with Gasteiger partial charge in [0.15, 0.2) is 5.17 Å². The highest BCUT2D eigenvalue weighted by atomic mass is 35.5. The fourth-order valence-electron chi connectivity index (χ4n) is 1.82. The Kier molecular flexibility index (Phi) is 6.28. The van der Waals surface area contributed by atoms with Crippen LogP contribution in [0, 0.1) is 0 Å². The van der Waals surface area contributed by atoms with Gasteiger partial charge < -0.3 is 5.73 Å². The van der Waals surface area contributed by atoms with Gasteiger partial charge in [-0.25, -0.2) is 0 Å². The van der Waals surface area contributed by atoms with E-state index in [-0.39, 0.29) is 15.8 Å². The normalized spacial score (nSPS) is 12.8. The molecule has 2 aromatic carbocycles. The minimum atomic E-state index is -4.52. The predicted molar refractivity (Wildman–Crippen MR) is 93.4 cm³/mol. The second-order valence-corrected chi connectivity index (χ2v) is 6.06. The highest BCUT2D eigenvalue weighted by Gasteiger charge is 2.33. The first-order valence-electron chi connectivity index (χ1n) is 6.77. The van der Waals surface area contributed by atoms with Gasteiger partial charge >= 0.3 is 6.18 Å². The molecule has 0 saturated carbocycles. The molecule has 0 amide bonds. The molecule has 0 bridgehead atoms. The van der Waals surface area contributed by atoms with E-state index in [1.807, 2.05) is 30.3 Å². The number of alkyl halides is 3. The highest BCUT2D eigenvalue weighted by Crippen LogP contribution is 2.34. The molecule has 0 aliphatic carbocycles. The maximum atomic E-state index is 12.9. The number of rotatable bonds is 4. The Morgan fingerprint density at radius 2 is 1.83 bits per heavy atom. The number of amidine groups is 1. The SMILES string of the molecule is NC(=NN=Cc1c(Cl)cccc1C(F)(F)F)SCc1ccccc1. The van der Waals surface area contributed by atoms with Crippen molar-refractivity contribution in [1.29, 1.82) is 0 Å². The van der Waals surface area contributed by atoms with Crippen LogP contribution in [0.1, 0.15) is 16.7 Å². The van der Waals surface area contributed by atoms with Crippen molar-refractivity contribution in [2.24, 2.45) is 15.9 Å². The van der Waals surface area contributed by atoms with E-state index in [4.69, 9.17) is 17.3 Å². The van der Waals surface area contributed by atoms with Crippen LogP contribution >= 0.6 is 23.4 Å². The first-order chi connectivity index (χ1) is 11.4. The zero-order valence-corrected chi connectivity index (χ0v) is 13.9. The van der Waals surface area contributed by atoms with Gasteiger partial charge in [0.2, 0.25) is 0 Å². The third kappa shape index (κ3) is 5.28. The van der Waals surface area contributed by atoms with Crippen LogP contribution in [0.5, 0.6) is 0 Å². The first-order valence-corrected chi connectivity index (χ1v) is 8.13. The summed E-state index contributed by atoms with van der Waals surface area (Å²) in [5.41, 5.74) is 5.63. The van der Waals surface area contributed by atoms with Crippen molar-refractivity contribution < 1.29 is 13.2 Å². The highest BCUT2D eigenvalue weighted by molar-refractivity contribution is 8.13.